The third-order valence-corrected chi connectivity index (χ3v) is 4.43. The van der Waals surface area contributed by atoms with E-state index in [1.54, 1.807) is 24.7 Å². The summed E-state index contributed by atoms with van der Waals surface area (Å²) in [5.74, 6) is -0.0202. The van der Waals surface area contributed by atoms with E-state index < -0.39 is 0 Å². The highest BCUT2D eigenvalue weighted by Gasteiger charge is 2.13. The lowest BCUT2D eigenvalue weighted by atomic mass is 10.1. The van der Waals surface area contributed by atoms with Crippen LogP contribution in [0.25, 0.3) is 0 Å². The molecule has 0 saturated carbocycles. The van der Waals surface area contributed by atoms with Crippen LogP contribution < -0.4 is 5.32 Å². The van der Waals surface area contributed by atoms with E-state index >= 15 is 0 Å². The minimum absolute atomic E-state index is 0.0202. The molecule has 2 heterocycles. The number of halogens is 1. The molecule has 1 aromatic carbocycles. The number of hydrogen-bond acceptors (Lipinski definition) is 5. The van der Waals surface area contributed by atoms with Crippen molar-refractivity contribution in [3.63, 3.8) is 0 Å². The second-order valence-corrected chi connectivity index (χ2v) is 6.53. The molecule has 0 amide bonds. The van der Waals surface area contributed by atoms with Crippen LogP contribution in [0.4, 0.5) is 5.13 Å². The first-order valence-corrected chi connectivity index (χ1v) is 8.22. The third-order valence-electron chi connectivity index (χ3n) is 2.98. The highest BCUT2D eigenvalue weighted by molar-refractivity contribution is 9.10. The van der Waals surface area contributed by atoms with Crippen LogP contribution in [-0.4, -0.2) is 15.8 Å². The van der Waals surface area contributed by atoms with Gasteiger partial charge in [-0.2, -0.15) is 0 Å². The quantitative estimate of drug-likeness (QED) is 0.682. The van der Waals surface area contributed by atoms with E-state index in [0.29, 0.717) is 17.0 Å². The van der Waals surface area contributed by atoms with Crippen LogP contribution in [-0.2, 0) is 6.54 Å². The number of hydrogen-bond donors (Lipinski definition) is 1. The largest absolute Gasteiger partial charge is 0.357 e. The van der Waals surface area contributed by atoms with Crippen molar-refractivity contribution in [1.29, 1.82) is 0 Å². The van der Waals surface area contributed by atoms with E-state index in [9.17, 15) is 4.79 Å². The molecule has 110 valence electrons. The molecule has 3 rings (SSSR count). The fourth-order valence-electron chi connectivity index (χ4n) is 1.91. The van der Waals surface area contributed by atoms with Gasteiger partial charge in [-0.25, -0.2) is 4.98 Å². The first-order valence-electron chi connectivity index (χ1n) is 6.61. The smallest absolute Gasteiger partial charge is 0.204 e. The SMILES string of the molecule is O=C(c1cccc(Br)c1)c1cnc(NCc2cccnc2)s1. The number of ketones is 1. The summed E-state index contributed by atoms with van der Waals surface area (Å²) in [5, 5.41) is 3.93. The molecule has 0 aliphatic heterocycles. The molecule has 0 radical (unpaired) electrons. The van der Waals surface area contributed by atoms with E-state index in [2.05, 4.69) is 31.2 Å². The fraction of sp³-hybridized carbons (Fsp3) is 0.0625. The maximum absolute atomic E-state index is 12.4. The maximum Gasteiger partial charge on any atom is 0.204 e. The predicted octanol–water partition coefficient (Wildman–Crippen LogP) is 4.14. The van der Waals surface area contributed by atoms with Gasteiger partial charge in [0.1, 0.15) is 0 Å². The van der Waals surface area contributed by atoms with Gasteiger partial charge < -0.3 is 5.32 Å². The van der Waals surface area contributed by atoms with Gasteiger partial charge in [-0.1, -0.05) is 45.5 Å². The van der Waals surface area contributed by atoms with Crippen molar-refractivity contribution in [3.8, 4) is 0 Å². The van der Waals surface area contributed by atoms with Crippen molar-refractivity contribution in [2.45, 2.75) is 6.54 Å². The molecule has 0 atom stereocenters. The minimum Gasteiger partial charge on any atom is -0.357 e. The number of carbonyl (C=O) groups is 1. The lowest BCUT2D eigenvalue weighted by molar-refractivity contribution is 0.104. The molecule has 2 aromatic heterocycles. The molecule has 0 aliphatic carbocycles. The highest BCUT2D eigenvalue weighted by atomic mass is 79.9. The number of nitrogens with zero attached hydrogens (tertiary/aromatic N) is 2. The lowest BCUT2D eigenvalue weighted by Crippen LogP contribution is -1.99. The number of carbonyl (C=O) groups excluding carboxylic acids is 1. The molecular formula is C16H12BrN3OS. The molecule has 0 fully saturated rings. The topological polar surface area (TPSA) is 54.9 Å². The number of rotatable bonds is 5. The van der Waals surface area contributed by atoms with E-state index in [0.717, 1.165) is 15.2 Å². The minimum atomic E-state index is -0.0202. The van der Waals surface area contributed by atoms with Crippen molar-refractivity contribution in [2.24, 2.45) is 0 Å². The van der Waals surface area contributed by atoms with Gasteiger partial charge in [0.25, 0.3) is 0 Å². The summed E-state index contributed by atoms with van der Waals surface area (Å²) in [6.07, 6.45) is 5.15. The van der Waals surface area contributed by atoms with Crippen LogP contribution in [0.5, 0.6) is 0 Å². The number of pyridine rings is 1. The van der Waals surface area contributed by atoms with Gasteiger partial charge in [-0.15, -0.1) is 0 Å². The Morgan fingerprint density at radius 3 is 2.91 bits per heavy atom. The van der Waals surface area contributed by atoms with Gasteiger partial charge in [0.15, 0.2) is 5.13 Å². The number of thiazole rings is 1. The zero-order valence-corrected chi connectivity index (χ0v) is 13.9. The lowest BCUT2D eigenvalue weighted by Gasteiger charge is -2.01. The van der Waals surface area contributed by atoms with Crippen molar-refractivity contribution in [2.75, 3.05) is 5.32 Å². The Balaban J connectivity index is 1.69. The average Bonchev–Trinajstić information content (AvgIpc) is 3.02. The third kappa shape index (κ3) is 3.58. The van der Waals surface area contributed by atoms with E-state index in [1.165, 1.54) is 11.3 Å². The van der Waals surface area contributed by atoms with Gasteiger partial charge in [0.05, 0.1) is 11.1 Å². The number of aromatic nitrogens is 2. The van der Waals surface area contributed by atoms with Gasteiger partial charge in [-0.05, 0) is 23.8 Å². The summed E-state index contributed by atoms with van der Waals surface area (Å²) >= 11 is 4.73. The molecule has 4 nitrogen and oxygen atoms in total. The normalized spacial score (nSPS) is 10.4. The molecule has 22 heavy (non-hydrogen) atoms. The van der Waals surface area contributed by atoms with Crippen LogP contribution in [0.3, 0.4) is 0 Å². The maximum atomic E-state index is 12.4. The molecular weight excluding hydrogens is 362 g/mol. The zero-order valence-electron chi connectivity index (χ0n) is 11.5. The summed E-state index contributed by atoms with van der Waals surface area (Å²) in [5.41, 5.74) is 1.72. The predicted molar refractivity (Wildman–Crippen MR) is 91.3 cm³/mol. The summed E-state index contributed by atoms with van der Waals surface area (Å²) < 4.78 is 0.887. The van der Waals surface area contributed by atoms with Crippen LogP contribution >= 0.6 is 27.3 Å². The molecule has 0 bridgehead atoms. The molecule has 6 heteroatoms. The number of anilines is 1. The van der Waals surface area contributed by atoms with Crippen LogP contribution in [0.15, 0.2) is 59.5 Å². The molecule has 0 unspecified atom stereocenters. The van der Waals surface area contributed by atoms with E-state index in [1.807, 2.05) is 30.3 Å². The zero-order chi connectivity index (χ0) is 15.4. The Hall–Kier alpha value is -2.05. The second-order valence-electron chi connectivity index (χ2n) is 4.58. The highest BCUT2D eigenvalue weighted by Crippen LogP contribution is 2.23. The Kier molecular flexibility index (Phi) is 4.60. The van der Waals surface area contributed by atoms with Crippen LogP contribution in [0.2, 0.25) is 0 Å². The molecule has 0 spiro atoms. The Morgan fingerprint density at radius 2 is 2.14 bits per heavy atom. The first kappa shape index (κ1) is 14.9. The van der Waals surface area contributed by atoms with Gasteiger partial charge in [-0.3, -0.25) is 9.78 Å². The average molecular weight is 374 g/mol. The summed E-state index contributed by atoms with van der Waals surface area (Å²) in [6.45, 7) is 0.631. The van der Waals surface area contributed by atoms with Gasteiger partial charge in [0, 0.05) is 29.0 Å². The fourth-order valence-corrected chi connectivity index (χ4v) is 3.09. The van der Waals surface area contributed by atoms with Crippen LogP contribution in [0.1, 0.15) is 20.8 Å². The second kappa shape index (κ2) is 6.81. The molecule has 3 aromatic rings. The number of nitrogens with one attached hydrogen (secondary N) is 1. The molecule has 1 N–H and O–H groups in total. The monoisotopic (exact) mass is 373 g/mol. The van der Waals surface area contributed by atoms with E-state index in [-0.39, 0.29) is 5.78 Å². The van der Waals surface area contributed by atoms with Crippen molar-refractivity contribution >= 4 is 38.2 Å². The molecule has 0 saturated heterocycles. The van der Waals surface area contributed by atoms with Gasteiger partial charge in [0.2, 0.25) is 5.78 Å². The molecule has 0 aliphatic rings. The van der Waals surface area contributed by atoms with Crippen molar-refractivity contribution < 1.29 is 4.79 Å². The Bertz CT molecular complexity index is 789. The Morgan fingerprint density at radius 1 is 1.23 bits per heavy atom. The summed E-state index contributed by atoms with van der Waals surface area (Å²) in [6, 6.07) is 11.2. The number of benzene rings is 1. The van der Waals surface area contributed by atoms with E-state index in [4.69, 9.17) is 0 Å². The van der Waals surface area contributed by atoms with Crippen molar-refractivity contribution in [3.05, 3.63) is 75.5 Å². The Labute approximate surface area is 140 Å². The summed E-state index contributed by atoms with van der Waals surface area (Å²) in [4.78, 5) is 21.3. The van der Waals surface area contributed by atoms with Gasteiger partial charge >= 0.3 is 0 Å². The van der Waals surface area contributed by atoms with Crippen LogP contribution in [0, 0.1) is 0 Å². The first-order chi connectivity index (χ1) is 10.7. The standard InChI is InChI=1S/C16H12BrN3OS/c17-13-5-1-4-12(7-13)15(21)14-10-20-16(22-14)19-9-11-3-2-6-18-8-11/h1-8,10H,9H2,(H,19,20). The summed E-state index contributed by atoms with van der Waals surface area (Å²) in [7, 11) is 0. The van der Waals surface area contributed by atoms with Crippen molar-refractivity contribution in [1.82, 2.24) is 9.97 Å².